The van der Waals surface area contributed by atoms with E-state index in [1.165, 1.54) is 4.90 Å². The first-order valence-corrected chi connectivity index (χ1v) is 10.2. The number of likely N-dealkylation sites (tertiary alicyclic amines) is 1. The molecular formula is C24H27N3O3. The van der Waals surface area contributed by atoms with Gasteiger partial charge in [0.2, 0.25) is 5.91 Å². The Labute approximate surface area is 176 Å². The summed E-state index contributed by atoms with van der Waals surface area (Å²) in [6, 6.07) is 9.94. The second-order valence-electron chi connectivity index (χ2n) is 9.03. The fraction of sp³-hybridized carbons (Fsp3) is 0.375. The molecule has 1 aliphatic heterocycles. The van der Waals surface area contributed by atoms with Crippen LogP contribution in [-0.2, 0) is 21.4 Å². The summed E-state index contributed by atoms with van der Waals surface area (Å²) in [4.78, 5) is 35.1. The third-order valence-electron chi connectivity index (χ3n) is 5.73. The average Bonchev–Trinajstić information content (AvgIpc) is 3.22. The summed E-state index contributed by atoms with van der Waals surface area (Å²) in [7, 11) is 0. The molecule has 6 heteroatoms. The number of fused-ring (bicyclic) bond motifs is 1. The fourth-order valence-corrected chi connectivity index (χ4v) is 4.21. The van der Waals surface area contributed by atoms with E-state index in [1.54, 1.807) is 33.2 Å². The molecule has 1 saturated heterocycles. The third-order valence-corrected chi connectivity index (χ3v) is 5.73. The molecule has 3 heterocycles. The van der Waals surface area contributed by atoms with Crippen molar-refractivity contribution in [2.45, 2.75) is 51.6 Å². The molecular weight excluding hydrogens is 378 g/mol. The van der Waals surface area contributed by atoms with Crippen LogP contribution in [0.15, 0.2) is 48.9 Å². The van der Waals surface area contributed by atoms with Gasteiger partial charge in [-0.05, 0) is 75.4 Å². The lowest BCUT2D eigenvalue weighted by Crippen LogP contribution is -2.44. The highest BCUT2D eigenvalue weighted by molar-refractivity contribution is 6.01. The van der Waals surface area contributed by atoms with Crippen molar-refractivity contribution in [2.75, 3.05) is 6.54 Å². The molecule has 156 valence electrons. The van der Waals surface area contributed by atoms with Crippen molar-refractivity contribution in [2.24, 2.45) is 0 Å². The smallest absolute Gasteiger partial charge is 0.417 e. The number of amides is 2. The van der Waals surface area contributed by atoms with Crippen LogP contribution < -0.4 is 0 Å². The molecule has 0 aliphatic carbocycles. The summed E-state index contributed by atoms with van der Waals surface area (Å²) in [5.74, 6) is -0.212. The second kappa shape index (κ2) is 7.27. The summed E-state index contributed by atoms with van der Waals surface area (Å²) in [6.45, 7) is 7.79. The number of ether oxygens (including phenoxy) is 1. The maximum Gasteiger partial charge on any atom is 0.417 e. The number of aromatic amines is 1. The van der Waals surface area contributed by atoms with Crippen LogP contribution in [-0.4, -0.2) is 39.0 Å². The molecule has 0 saturated carbocycles. The molecule has 1 unspecified atom stereocenters. The number of hydrogen-bond donors (Lipinski definition) is 1. The molecule has 0 bridgehead atoms. The van der Waals surface area contributed by atoms with E-state index >= 15 is 0 Å². The van der Waals surface area contributed by atoms with Crippen LogP contribution in [0, 0.1) is 6.92 Å². The molecule has 2 aromatic heterocycles. The molecule has 6 nitrogen and oxygen atoms in total. The minimum atomic E-state index is -0.828. The van der Waals surface area contributed by atoms with Crippen molar-refractivity contribution >= 4 is 22.9 Å². The van der Waals surface area contributed by atoms with Gasteiger partial charge in [0.05, 0.1) is 5.41 Å². The van der Waals surface area contributed by atoms with Crippen LogP contribution >= 0.6 is 0 Å². The van der Waals surface area contributed by atoms with E-state index in [9.17, 15) is 9.59 Å². The van der Waals surface area contributed by atoms with Gasteiger partial charge in [-0.3, -0.25) is 9.78 Å². The van der Waals surface area contributed by atoms with Gasteiger partial charge in [-0.15, -0.1) is 0 Å². The zero-order valence-electron chi connectivity index (χ0n) is 17.9. The fourth-order valence-electron chi connectivity index (χ4n) is 4.21. The largest absolute Gasteiger partial charge is 0.443 e. The highest BCUT2D eigenvalue weighted by Crippen LogP contribution is 2.40. The second-order valence-corrected chi connectivity index (χ2v) is 9.03. The first kappa shape index (κ1) is 20.1. The number of hydrogen-bond acceptors (Lipinski definition) is 4. The van der Waals surface area contributed by atoms with E-state index in [-0.39, 0.29) is 5.91 Å². The summed E-state index contributed by atoms with van der Waals surface area (Å²) < 4.78 is 5.50. The lowest BCUT2D eigenvalue weighted by Gasteiger charge is -2.29. The lowest BCUT2D eigenvalue weighted by atomic mass is 9.74. The minimum absolute atomic E-state index is 0.212. The van der Waals surface area contributed by atoms with Crippen LogP contribution in [0.25, 0.3) is 10.9 Å². The molecule has 1 aliphatic rings. The SMILES string of the molecule is Cc1c[nH]c2cc(C3(Cc4ccncc4)CCN(C(=O)OC(C)(C)C)C3=O)ccc12. The predicted molar refractivity (Wildman–Crippen MR) is 115 cm³/mol. The standard InChI is InChI=1S/C24H27N3O3/c1-16-15-26-20-13-18(5-6-19(16)20)24(14-17-7-10-25-11-8-17)9-12-27(21(24)28)22(29)30-23(2,3)4/h5-8,10-11,13,15,26H,9,12,14H2,1-4H3. The van der Waals surface area contributed by atoms with Crippen molar-refractivity contribution in [1.29, 1.82) is 0 Å². The van der Waals surface area contributed by atoms with Gasteiger partial charge in [0.25, 0.3) is 0 Å². The Morgan fingerprint density at radius 3 is 2.67 bits per heavy atom. The van der Waals surface area contributed by atoms with Crippen LogP contribution in [0.1, 0.15) is 43.9 Å². The van der Waals surface area contributed by atoms with Crippen molar-refractivity contribution < 1.29 is 14.3 Å². The molecule has 1 N–H and O–H groups in total. The summed E-state index contributed by atoms with van der Waals surface area (Å²) in [5, 5.41) is 1.13. The van der Waals surface area contributed by atoms with Crippen LogP contribution in [0.4, 0.5) is 4.79 Å². The highest BCUT2D eigenvalue weighted by Gasteiger charge is 2.51. The van der Waals surface area contributed by atoms with E-state index in [1.807, 2.05) is 36.5 Å². The van der Waals surface area contributed by atoms with Crippen LogP contribution in [0.5, 0.6) is 0 Å². The summed E-state index contributed by atoms with van der Waals surface area (Å²) in [5.41, 5.74) is 2.58. The van der Waals surface area contributed by atoms with Gasteiger partial charge >= 0.3 is 6.09 Å². The van der Waals surface area contributed by atoms with E-state index < -0.39 is 17.1 Å². The summed E-state index contributed by atoms with van der Waals surface area (Å²) >= 11 is 0. The topological polar surface area (TPSA) is 75.3 Å². The monoisotopic (exact) mass is 405 g/mol. The Kier molecular flexibility index (Phi) is 4.88. The van der Waals surface area contributed by atoms with Gasteiger partial charge in [-0.25, -0.2) is 9.69 Å². The third kappa shape index (κ3) is 3.58. The molecule has 4 rings (SSSR count). The Morgan fingerprint density at radius 2 is 1.97 bits per heavy atom. The quantitative estimate of drug-likeness (QED) is 0.695. The zero-order chi connectivity index (χ0) is 21.5. The molecule has 3 aromatic rings. The van der Waals surface area contributed by atoms with Crippen LogP contribution in [0.3, 0.4) is 0 Å². The normalized spacial score (nSPS) is 19.5. The van der Waals surface area contributed by atoms with Gasteiger partial charge in [-0.1, -0.05) is 12.1 Å². The van der Waals surface area contributed by atoms with Crippen LogP contribution in [0.2, 0.25) is 0 Å². The lowest BCUT2D eigenvalue weighted by molar-refractivity contribution is -0.131. The predicted octanol–water partition coefficient (Wildman–Crippen LogP) is 4.52. The van der Waals surface area contributed by atoms with Gasteiger partial charge in [0, 0.05) is 36.0 Å². The zero-order valence-corrected chi connectivity index (χ0v) is 17.9. The number of carbonyl (C=O) groups excluding carboxylic acids is 2. The average molecular weight is 405 g/mol. The molecule has 1 aromatic carbocycles. The minimum Gasteiger partial charge on any atom is -0.443 e. The summed E-state index contributed by atoms with van der Waals surface area (Å²) in [6.07, 6.45) is 5.88. The Morgan fingerprint density at radius 1 is 1.23 bits per heavy atom. The number of imide groups is 1. The van der Waals surface area contributed by atoms with Gasteiger partial charge < -0.3 is 9.72 Å². The van der Waals surface area contributed by atoms with Gasteiger partial charge in [-0.2, -0.15) is 0 Å². The molecule has 1 fully saturated rings. The molecule has 0 radical (unpaired) electrons. The van der Waals surface area contributed by atoms with E-state index in [0.717, 1.165) is 27.6 Å². The number of benzene rings is 1. The number of rotatable bonds is 3. The molecule has 2 amide bonds. The maximum absolute atomic E-state index is 13.7. The highest BCUT2D eigenvalue weighted by atomic mass is 16.6. The number of nitrogens with zero attached hydrogens (tertiary/aromatic N) is 2. The van der Waals surface area contributed by atoms with Gasteiger partial charge in [0.15, 0.2) is 0 Å². The van der Waals surface area contributed by atoms with Crippen molar-refractivity contribution in [3.8, 4) is 0 Å². The van der Waals surface area contributed by atoms with Crippen molar-refractivity contribution in [3.63, 3.8) is 0 Å². The maximum atomic E-state index is 13.7. The number of nitrogens with one attached hydrogen (secondary N) is 1. The number of H-pyrrole nitrogens is 1. The first-order valence-electron chi connectivity index (χ1n) is 10.2. The van der Waals surface area contributed by atoms with Gasteiger partial charge in [0.1, 0.15) is 5.60 Å². The number of aromatic nitrogens is 2. The Balaban J connectivity index is 1.76. The molecule has 1 atom stereocenters. The van der Waals surface area contributed by atoms with Crippen molar-refractivity contribution in [3.05, 3.63) is 65.6 Å². The Hall–Kier alpha value is -3.15. The number of pyridine rings is 1. The van der Waals surface area contributed by atoms with Crippen molar-refractivity contribution in [1.82, 2.24) is 14.9 Å². The molecule has 30 heavy (non-hydrogen) atoms. The van der Waals surface area contributed by atoms with E-state index in [0.29, 0.717) is 19.4 Å². The number of aryl methyl sites for hydroxylation is 1. The molecule has 0 spiro atoms. The Bertz CT molecular complexity index is 1100. The van der Waals surface area contributed by atoms with E-state index in [2.05, 4.69) is 16.9 Å². The first-order chi connectivity index (χ1) is 14.2. The van der Waals surface area contributed by atoms with E-state index in [4.69, 9.17) is 4.74 Å². The number of carbonyl (C=O) groups is 2.